The van der Waals surface area contributed by atoms with Gasteiger partial charge in [0, 0.05) is 48.1 Å². The summed E-state index contributed by atoms with van der Waals surface area (Å²) in [6.45, 7) is 5.91. The first kappa shape index (κ1) is 21.0. The summed E-state index contributed by atoms with van der Waals surface area (Å²) < 4.78 is 30.0. The Balaban J connectivity index is 1.79. The maximum atomic E-state index is 14.2. The van der Waals surface area contributed by atoms with Crippen LogP contribution < -0.4 is 10.6 Å². The van der Waals surface area contributed by atoms with E-state index in [2.05, 4.69) is 15.6 Å². The van der Waals surface area contributed by atoms with E-state index in [9.17, 15) is 18.7 Å². The molecule has 0 aliphatic carbocycles. The first-order valence-corrected chi connectivity index (χ1v) is 9.99. The van der Waals surface area contributed by atoms with E-state index in [0.29, 0.717) is 16.8 Å². The topological polar surface area (TPSA) is 94.4 Å². The average molecular weight is 429 g/mol. The van der Waals surface area contributed by atoms with Crippen molar-refractivity contribution < 1.29 is 18.7 Å². The van der Waals surface area contributed by atoms with Gasteiger partial charge in [0.15, 0.2) is 0 Å². The third-order valence-electron chi connectivity index (χ3n) is 5.64. The largest absolute Gasteiger partial charge is 0.481 e. The lowest BCUT2D eigenvalue weighted by Gasteiger charge is -2.34. The van der Waals surface area contributed by atoms with Gasteiger partial charge in [-0.05, 0) is 17.5 Å². The first-order valence-electron chi connectivity index (χ1n) is 9.99. The number of nitrogens with zero attached hydrogens (tertiary/aromatic N) is 2. The highest BCUT2D eigenvalue weighted by Crippen LogP contribution is 2.34. The maximum absolute atomic E-state index is 14.2. The number of halogens is 2. The number of aryl methyl sites for hydroxylation is 1. The fraction of sp³-hybridized carbons (Fsp3) is 0.364. The number of anilines is 1. The van der Waals surface area contributed by atoms with E-state index in [1.807, 2.05) is 44.6 Å². The second kappa shape index (κ2) is 7.49. The molecule has 1 aliphatic rings. The maximum Gasteiger partial charge on any atom is 0.304 e. The van der Waals surface area contributed by atoms with Gasteiger partial charge in [-0.3, -0.25) is 10.1 Å². The van der Waals surface area contributed by atoms with Crippen molar-refractivity contribution >= 4 is 28.5 Å². The van der Waals surface area contributed by atoms with Crippen molar-refractivity contribution in [2.24, 2.45) is 17.5 Å². The number of aromatic amines is 1. The van der Waals surface area contributed by atoms with Gasteiger partial charge in [0.2, 0.25) is 0 Å². The van der Waals surface area contributed by atoms with Gasteiger partial charge < -0.3 is 20.0 Å². The summed E-state index contributed by atoms with van der Waals surface area (Å²) in [5.41, 5.74) is 1.25. The van der Waals surface area contributed by atoms with Gasteiger partial charge >= 0.3 is 5.97 Å². The number of aromatic nitrogens is 2. The molecule has 2 aromatic heterocycles. The highest BCUT2D eigenvalue weighted by Gasteiger charge is 2.33. The zero-order valence-corrected chi connectivity index (χ0v) is 17.8. The van der Waals surface area contributed by atoms with Crippen LogP contribution in [0.15, 0.2) is 35.6 Å². The molecule has 3 heterocycles. The molecule has 3 aromatic rings. The molecule has 4 rings (SSSR count). The van der Waals surface area contributed by atoms with Crippen LogP contribution >= 0.6 is 0 Å². The molecule has 4 N–H and O–H groups in total. The van der Waals surface area contributed by atoms with Crippen molar-refractivity contribution in [1.82, 2.24) is 14.9 Å². The van der Waals surface area contributed by atoms with Crippen LogP contribution in [-0.4, -0.2) is 32.5 Å². The summed E-state index contributed by atoms with van der Waals surface area (Å²) in [4.78, 5) is 19.1. The Morgan fingerprint density at radius 1 is 1.35 bits per heavy atom. The molecule has 1 unspecified atom stereocenters. The van der Waals surface area contributed by atoms with Crippen molar-refractivity contribution in [3.05, 3.63) is 53.4 Å². The fourth-order valence-corrected chi connectivity index (χ4v) is 3.87. The van der Waals surface area contributed by atoms with E-state index in [1.165, 1.54) is 6.07 Å². The molecule has 164 valence electrons. The van der Waals surface area contributed by atoms with Crippen LogP contribution in [-0.2, 0) is 11.8 Å². The number of carboxylic acids is 1. The van der Waals surface area contributed by atoms with Gasteiger partial charge in [-0.1, -0.05) is 20.8 Å². The SMILES string of the molecule is Cn1ccc2c1NC(c1c[nH]c3c(F)cc(F)cc13)=NC2N[C@H](CC(=O)O)C(C)(C)C. The predicted molar refractivity (Wildman–Crippen MR) is 115 cm³/mol. The van der Waals surface area contributed by atoms with E-state index < -0.39 is 23.8 Å². The molecule has 7 nitrogen and oxygen atoms in total. The monoisotopic (exact) mass is 429 g/mol. The Kier molecular flexibility index (Phi) is 5.09. The van der Waals surface area contributed by atoms with Crippen molar-refractivity contribution in [3.63, 3.8) is 0 Å². The number of hydrogen-bond donors (Lipinski definition) is 4. The molecule has 1 aliphatic heterocycles. The second-order valence-electron chi connectivity index (χ2n) is 8.93. The van der Waals surface area contributed by atoms with Crippen LogP contribution in [0.4, 0.5) is 14.6 Å². The summed E-state index contributed by atoms with van der Waals surface area (Å²) in [5, 5.41) is 16.4. The number of H-pyrrole nitrogens is 1. The Bertz CT molecular complexity index is 1190. The predicted octanol–water partition coefficient (Wildman–Crippen LogP) is 4.13. The summed E-state index contributed by atoms with van der Waals surface area (Å²) >= 11 is 0. The number of carbonyl (C=O) groups is 1. The molecule has 0 saturated carbocycles. The van der Waals surface area contributed by atoms with Crippen LogP contribution in [0.1, 0.15) is 44.5 Å². The average Bonchev–Trinajstić information content (AvgIpc) is 3.24. The number of rotatable bonds is 5. The molecule has 9 heteroatoms. The number of aliphatic imine (C=N–C) groups is 1. The molecule has 0 saturated heterocycles. The van der Waals surface area contributed by atoms with E-state index in [-0.39, 0.29) is 23.4 Å². The van der Waals surface area contributed by atoms with Crippen molar-refractivity contribution in [2.45, 2.75) is 39.4 Å². The lowest BCUT2D eigenvalue weighted by atomic mass is 9.84. The number of aliphatic carboxylic acids is 1. The van der Waals surface area contributed by atoms with Crippen molar-refractivity contribution in [2.75, 3.05) is 5.32 Å². The van der Waals surface area contributed by atoms with E-state index in [4.69, 9.17) is 4.99 Å². The van der Waals surface area contributed by atoms with Crippen LogP contribution in [0.3, 0.4) is 0 Å². The lowest BCUT2D eigenvalue weighted by Crippen LogP contribution is -2.44. The van der Waals surface area contributed by atoms with Crippen molar-refractivity contribution in [1.29, 1.82) is 0 Å². The standard InChI is InChI=1S/C22H25F2N5O2/c1-22(2,3)16(9-17(30)31)26-19-12-5-6-29(4)21(12)28-20(27-19)14-10-25-18-13(14)7-11(23)8-15(18)24/h5-8,10,16,19,25-26H,9H2,1-4H3,(H,27,28)(H,30,31)/t16-,19?/m1/s1. The fourth-order valence-electron chi connectivity index (χ4n) is 3.87. The first-order chi connectivity index (χ1) is 14.5. The number of hydrogen-bond acceptors (Lipinski definition) is 4. The van der Waals surface area contributed by atoms with Gasteiger partial charge in [0.05, 0.1) is 11.9 Å². The van der Waals surface area contributed by atoms with Gasteiger partial charge in [-0.2, -0.15) is 0 Å². The van der Waals surface area contributed by atoms with Crippen LogP contribution in [0.25, 0.3) is 10.9 Å². The second-order valence-corrected chi connectivity index (χ2v) is 8.93. The number of nitrogens with one attached hydrogen (secondary N) is 3. The third-order valence-corrected chi connectivity index (χ3v) is 5.64. The lowest BCUT2D eigenvalue weighted by molar-refractivity contribution is -0.138. The number of carboxylic acid groups (broad SMARTS) is 1. The molecule has 0 radical (unpaired) electrons. The van der Waals surface area contributed by atoms with E-state index in [1.54, 1.807) is 6.20 Å². The Morgan fingerprint density at radius 2 is 2.10 bits per heavy atom. The zero-order valence-electron chi connectivity index (χ0n) is 17.8. The van der Waals surface area contributed by atoms with Crippen molar-refractivity contribution in [3.8, 4) is 0 Å². The van der Waals surface area contributed by atoms with Gasteiger partial charge in [0.25, 0.3) is 0 Å². The normalized spacial score (nSPS) is 17.2. The Hall–Kier alpha value is -3.20. The minimum Gasteiger partial charge on any atom is -0.481 e. The Morgan fingerprint density at radius 3 is 2.77 bits per heavy atom. The molecular weight excluding hydrogens is 404 g/mol. The summed E-state index contributed by atoms with van der Waals surface area (Å²) in [5.74, 6) is -1.05. The summed E-state index contributed by atoms with van der Waals surface area (Å²) in [7, 11) is 1.87. The molecule has 0 spiro atoms. The van der Waals surface area contributed by atoms with E-state index in [0.717, 1.165) is 17.4 Å². The molecule has 0 fully saturated rings. The molecule has 2 atom stereocenters. The van der Waals surface area contributed by atoms with Gasteiger partial charge in [-0.15, -0.1) is 0 Å². The minimum atomic E-state index is -0.901. The quantitative estimate of drug-likeness (QED) is 0.490. The highest BCUT2D eigenvalue weighted by molar-refractivity contribution is 6.16. The summed E-state index contributed by atoms with van der Waals surface area (Å²) in [6, 6.07) is 3.65. The molecule has 0 bridgehead atoms. The molecule has 1 aromatic carbocycles. The number of amidine groups is 1. The van der Waals surface area contributed by atoms with Crippen LogP contribution in [0, 0.1) is 17.0 Å². The molecule has 31 heavy (non-hydrogen) atoms. The van der Waals surface area contributed by atoms with Crippen LogP contribution in [0.2, 0.25) is 0 Å². The number of benzene rings is 1. The van der Waals surface area contributed by atoms with Gasteiger partial charge in [-0.25, -0.2) is 13.8 Å². The molecule has 0 amide bonds. The smallest absolute Gasteiger partial charge is 0.304 e. The third kappa shape index (κ3) is 3.93. The summed E-state index contributed by atoms with van der Waals surface area (Å²) in [6.07, 6.45) is 2.87. The highest BCUT2D eigenvalue weighted by atomic mass is 19.1. The van der Waals surface area contributed by atoms with E-state index >= 15 is 0 Å². The zero-order chi connectivity index (χ0) is 22.5. The number of fused-ring (bicyclic) bond motifs is 2. The molecular formula is C22H25F2N5O2. The van der Waals surface area contributed by atoms with Gasteiger partial charge in [0.1, 0.15) is 29.5 Å². The minimum absolute atomic E-state index is 0.0655. The Labute approximate surface area is 178 Å². The van der Waals surface area contributed by atoms with Crippen LogP contribution in [0.5, 0.6) is 0 Å².